The lowest BCUT2D eigenvalue weighted by atomic mass is 10.1. The average molecular weight is 251 g/mol. The maximum atomic E-state index is 5.91. The largest absolute Gasteiger partial charge is 0.474 e. The van der Waals surface area contributed by atoms with Gasteiger partial charge in [-0.1, -0.05) is 6.92 Å². The normalized spacial score (nSPS) is 16.6. The van der Waals surface area contributed by atoms with Crippen LogP contribution in [0.1, 0.15) is 32.0 Å². The minimum absolute atomic E-state index is 0.216. The van der Waals surface area contributed by atoms with Crippen LogP contribution in [0.2, 0.25) is 0 Å². The van der Waals surface area contributed by atoms with Gasteiger partial charge in [0.25, 0.3) is 0 Å². The lowest BCUT2D eigenvalue weighted by molar-refractivity contribution is 0.0236. The maximum absolute atomic E-state index is 5.91. The van der Waals surface area contributed by atoms with E-state index >= 15 is 0 Å². The van der Waals surface area contributed by atoms with Gasteiger partial charge in [-0.05, 0) is 6.42 Å². The summed E-state index contributed by atoms with van der Waals surface area (Å²) in [6.45, 7) is 3.67. The summed E-state index contributed by atoms with van der Waals surface area (Å²) in [6.07, 6.45) is 3.99. The predicted molar refractivity (Wildman–Crippen MR) is 70.0 cm³/mol. The van der Waals surface area contributed by atoms with Crippen LogP contribution in [0.4, 0.5) is 5.82 Å². The monoisotopic (exact) mass is 251 g/mol. The number of aryl methyl sites for hydroxylation is 1. The number of aromatic nitrogens is 2. The first-order valence-corrected chi connectivity index (χ1v) is 6.62. The zero-order valence-corrected chi connectivity index (χ0v) is 11.1. The second-order valence-electron chi connectivity index (χ2n) is 4.44. The van der Waals surface area contributed by atoms with Crippen LogP contribution in [0, 0.1) is 0 Å². The highest BCUT2D eigenvalue weighted by molar-refractivity contribution is 5.37. The first-order valence-electron chi connectivity index (χ1n) is 6.62. The van der Waals surface area contributed by atoms with Gasteiger partial charge in [0.15, 0.2) is 0 Å². The third-order valence-corrected chi connectivity index (χ3v) is 2.93. The molecule has 100 valence electrons. The van der Waals surface area contributed by atoms with Crippen molar-refractivity contribution in [3.63, 3.8) is 0 Å². The fraction of sp³-hybridized carbons (Fsp3) is 0.692. The standard InChI is InChI=1S/C13H21N3O2/c1-3-4-11-15-12(14-2)9-13(16-11)18-10-5-7-17-8-6-10/h9-10H,3-8H2,1-2H3,(H,14,15,16). The fourth-order valence-electron chi connectivity index (χ4n) is 1.96. The summed E-state index contributed by atoms with van der Waals surface area (Å²) in [5, 5.41) is 3.05. The van der Waals surface area contributed by atoms with Gasteiger partial charge in [0.05, 0.1) is 13.2 Å². The van der Waals surface area contributed by atoms with Crippen LogP contribution in [0.5, 0.6) is 5.88 Å². The van der Waals surface area contributed by atoms with Crippen molar-refractivity contribution in [1.29, 1.82) is 0 Å². The van der Waals surface area contributed by atoms with E-state index in [1.54, 1.807) is 0 Å². The molecule has 0 aliphatic carbocycles. The number of hydrogen-bond acceptors (Lipinski definition) is 5. The van der Waals surface area contributed by atoms with Crippen molar-refractivity contribution in [1.82, 2.24) is 9.97 Å². The van der Waals surface area contributed by atoms with Gasteiger partial charge in [0, 0.05) is 32.4 Å². The Balaban J connectivity index is 2.07. The van der Waals surface area contributed by atoms with E-state index in [0.29, 0.717) is 5.88 Å². The summed E-state index contributed by atoms with van der Waals surface area (Å²) in [5.41, 5.74) is 0. The molecule has 2 rings (SSSR count). The van der Waals surface area contributed by atoms with E-state index in [1.165, 1.54) is 0 Å². The molecule has 2 heterocycles. The molecular formula is C13H21N3O2. The zero-order valence-electron chi connectivity index (χ0n) is 11.1. The second-order valence-corrected chi connectivity index (χ2v) is 4.44. The second kappa shape index (κ2) is 6.54. The third kappa shape index (κ3) is 3.57. The number of nitrogens with one attached hydrogen (secondary N) is 1. The molecule has 1 aliphatic rings. The lowest BCUT2D eigenvalue weighted by Gasteiger charge is -2.23. The molecule has 1 fully saturated rings. The van der Waals surface area contributed by atoms with E-state index in [-0.39, 0.29) is 6.10 Å². The Kier molecular flexibility index (Phi) is 4.75. The number of rotatable bonds is 5. The summed E-state index contributed by atoms with van der Waals surface area (Å²) in [4.78, 5) is 8.86. The minimum Gasteiger partial charge on any atom is -0.474 e. The van der Waals surface area contributed by atoms with Gasteiger partial charge in [-0.3, -0.25) is 0 Å². The van der Waals surface area contributed by atoms with E-state index in [9.17, 15) is 0 Å². The van der Waals surface area contributed by atoms with Gasteiger partial charge >= 0.3 is 0 Å². The zero-order chi connectivity index (χ0) is 12.8. The number of hydrogen-bond donors (Lipinski definition) is 1. The molecule has 1 aliphatic heterocycles. The van der Waals surface area contributed by atoms with Gasteiger partial charge in [-0.2, -0.15) is 4.98 Å². The van der Waals surface area contributed by atoms with Crippen molar-refractivity contribution in [3.05, 3.63) is 11.9 Å². The van der Waals surface area contributed by atoms with E-state index in [2.05, 4.69) is 22.2 Å². The molecule has 0 saturated carbocycles. The van der Waals surface area contributed by atoms with Crippen LogP contribution >= 0.6 is 0 Å². The number of anilines is 1. The summed E-state index contributed by atoms with van der Waals surface area (Å²) < 4.78 is 11.2. The average Bonchev–Trinajstić information content (AvgIpc) is 2.40. The summed E-state index contributed by atoms with van der Waals surface area (Å²) in [7, 11) is 1.86. The Morgan fingerprint density at radius 1 is 1.39 bits per heavy atom. The Bertz CT molecular complexity index is 378. The molecule has 1 aromatic rings. The summed E-state index contributed by atoms with van der Waals surface area (Å²) >= 11 is 0. The molecule has 5 nitrogen and oxygen atoms in total. The molecular weight excluding hydrogens is 230 g/mol. The highest BCUT2D eigenvalue weighted by Gasteiger charge is 2.16. The van der Waals surface area contributed by atoms with Gasteiger partial charge < -0.3 is 14.8 Å². The topological polar surface area (TPSA) is 56.3 Å². The van der Waals surface area contributed by atoms with Crippen molar-refractivity contribution in [3.8, 4) is 5.88 Å². The Hall–Kier alpha value is -1.36. The van der Waals surface area contributed by atoms with Crippen molar-refractivity contribution < 1.29 is 9.47 Å². The first-order chi connectivity index (χ1) is 8.81. The van der Waals surface area contributed by atoms with Crippen molar-refractivity contribution in [2.45, 2.75) is 38.7 Å². The van der Waals surface area contributed by atoms with Crippen LogP contribution in [-0.4, -0.2) is 36.3 Å². The predicted octanol–water partition coefficient (Wildman–Crippen LogP) is 2.03. The van der Waals surface area contributed by atoms with Crippen LogP contribution in [0.15, 0.2) is 6.07 Å². The molecule has 1 saturated heterocycles. The van der Waals surface area contributed by atoms with E-state index < -0.39 is 0 Å². The highest BCUT2D eigenvalue weighted by atomic mass is 16.5. The molecule has 0 bridgehead atoms. The van der Waals surface area contributed by atoms with E-state index in [4.69, 9.17) is 9.47 Å². The third-order valence-electron chi connectivity index (χ3n) is 2.93. The molecule has 0 spiro atoms. The van der Waals surface area contributed by atoms with E-state index in [1.807, 2.05) is 13.1 Å². The van der Waals surface area contributed by atoms with Crippen LogP contribution in [0.25, 0.3) is 0 Å². The Morgan fingerprint density at radius 2 is 2.17 bits per heavy atom. The molecule has 1 aromatic heterocycles. The Labute approximate surface area is 108 Å². The van der Waals surface area contributed by atoms with Crippen LogP contribution in [0.3, 0.4) is 0 Å². The molecule has 0 aromatic carbocycles. The first kappa shape index (κ1) is 13.1. The fourth-order valence-corrected chi connectivity index (χ4v) is 1.96. The van der Waals surface area contributed by atoms with Gasteiger partial charge in [0.2, 0.25) is 5.88 Å². The number of nitrogens with zero attached hydrogens (tertiary/aromatic N) is 2. The maximum Gasteiger partial charge on any atom is 0.219 e. The van der Waals surface area contributed by atoms with E-state index in [0.717, 1.165) is 50.5 Å². The molecule has 0 radical (unpaired) electrons. The van der Waals surface area contributed by atoms with Crippen molar-refractivity contribution in [2.24, 2.45) is 0 Å². The summed E-state index contributed by atoms with van der Waals surface area (Å²) in [6, 6.07) is 1.86. The molecule has 0 atom stereocenters. The smallest absolute Gasteiger partial charge is 0.219 e. The van der Waals surface area contributed by atoms with Gasteiger partial charge in [-0.25, -0.2) is 4.98 Å². The number of ether oxygens (including phenoxy) is 2. The van der Waals surface area contributed by atoms with Gasteiger partial charge in [0.1, 0.15) is 17.7 Å². The molecule has 18 heavy (non-hydrogen) atoms. The molecule has 0 unspecified atom stereocenters. The SMILES string of the molecule is CCCc1nc(NC)cc(OC2CCOCC2)n1. The molecule has 1 N–H and O–H groups in total. The highest BCUT2D eigenvalue weighted by Crippen LogP contribution is 2.19. The van der Waals surface area contributed by atoms with Crippen LogP contribution < -0.4 is 10.1 Å². The molecule has 0 amide bonds. The quantitative estimate of drug-likeness (QED) is 0.867. The van der Waals surface area contributed by atoms with Crippen molar-refractivity contribution >= 4 is 5.82 Å². The molecule has 5 heteroatoms. The van der Waals surface area contributed by atoms with Gasteiger partial charge in [-0.15, -0.1) is 0 Å². The Morgan fingerprint density at radius 3 is 2.83 bits per heavy atom. The van der Waals surface area contributed by atoms with Crippen molar-refractivity contribution in [2.75, 3.05) is 25.6 Å². The van der Waals surface area contributed by atoms with Crippen LogP contribution in [-0.2, 0) is 11.2 Å². The minimum atomic E-state index is 0.216. The lowest BCUT2D eigenvalue weighted by Crippen LogP contribution is -2.26. The summed E-state index contributed by atoms with van der Waals surface area (Å²) in [5.74, 6) is 2.33.